The molecule has 0 aliphatic rings. The largest absolute Gasteiger partial charge is 0.339 e. The summed E-state index contributed by atoms with van der Waals surface area (Å²) in [6.07, 6.45) is 0. The number of sulfonamides is 1. The summed E-state index contributed by atoms with van der Waals surface area (Å²) >= 11 is 11.9. The zero-order valence-electron chi connectivity index (χ0n) is 13.8. The monoisotopic (exact) mass is 400 g/mol. The van der Waals surface area contributed by atoms with Gasteiger partial charge in [0.25, 0.3) is 15.9 Å². The number of amides is 1. The third-order valence-electron chi connectivity index (χ3n) is 3.61. The van der Waals surface area contributed by atoms with Crippen LogP contribution in [0.3, 0.4) is 0 Å². The van der Waals surface area contributed by atoms with Crippen molar-refractivity contribution >= 4 is 44.8 Å². The van der Waals surface area contributed by atoms with E-state index >= 15 is 0 Å². The standard InChI is InChI=1S/C17H18Cl2N2O3S/c1-3-21(4-2)17(22)12-5-10-15(19)16(11-12)25(23,24)20-14-8-6-13(18)7-9-14/h5-11,20H,3-4H2,1-2H3. The van der Waals surface area contributed by atoms with Crippen molar-refractivity contribution < 1.29 is 13.2 Å². The Kier molecular flexibility index (Phi) is 6.32. The van der Waals surface area contributed by atoms with Crippen LogP contribution in [0.5, 0.6) is 0 Å². The highest BCUT2D eigenvalue weighted by Crippen LogP contribution is 2.26. The molecule has 0 atom stereocenters. The molecule has 8 heteroatoms. The minimum atomic E-state index is -3.95. The van der Waals surface area contributed by atoms with Gasteiger partial charge in [-0.15, -0.1) is 0 Å². The van der Waals surface area contributed by atoms with E-state index in [4.69, 9.17) is 23.2 Å². The first-order valence-electron chi connectivity index (χ1n) is 7.65. The molecule has 0 unspecified atom stereocenters. The van der Waals surface area contributed by atoms with Crippen molar-refractivity contribution in [1.29, 1.82) is 0 Å². The number of benzene rings is 2. The molecule has 1 N–H and O–H groups in total. The number of nitrogens with one attached hydrogen (secondary N) is 1. The first kappa shape index (κ1) is 19.6. The Hall–Kier alpha value is -1.76. The first-order valence-corrected chi connectivity index (χ1v) is 9.89. The number of rotatable bonds is 6. The Morgan fingerprint density at radius 1 is 1.04 bits per heavy atom. The highest BCUT2D eigenvalue weighted by atomic mass is 35.5. The molecule has 0 heterocycles. The predicted molar refractivity (Wildman–Crippen MR) is 101 cm³/mol. The second kappa shape index (κ2) is 8.08. The van der Waals surface area contributed by atoms with E-state index in [1.807, 2.05) is 13.8 Å². The number of halogens is 2. The van der Waals surface area contributed by atoms with Gasteiger partial charge < -0.3 is 4.90 Å². The number of nitrogens with zero attached hydrogens (tertiary/aromatic N) is 1. The van der Waals surface area contributed by atoms with Gasteiger partial charge in [0.1, 0.15) is 4.90 Å². The number of carbonyl (C=O) groups excluding carboxylic acids is 1. The molecule has 0 saturated heterocycles. The van der Waals surface area contributed by atoms with Gasteiger partial charge in [0.05, 0.1) is 5.02 Å². The van der Waals surface area contributed by atoms with Crippen LogP contribution < -0.4 is 4.72 Å². The highest BCUT2D eigenvalue weighted by Gasteiger charge is 2.22. The lowest BCUT2D eigenvalue weighted by Crippen LogP contribution is -2.30. The average Bonchev–Trinajstić information content (AvgIpc) is 2.58. The summed E-state index contributed by atoms with van der Waals surface area (Å²) in [5.74, 6) is -0.246. The third-order valence-corrected chi connectivity index (χ3v) is 5.73. The summed E-state index contributed by atoms with van der Waals surface area (Å²) in [4.78, 5) is 13.9. The Morgan fingerprint density at radius 3 is 2.20 bits per heavy atom. The molecular weight excluding hydrogens is 383 g/mol. The van der Waals surface area contributed by atoms with Crippen LogP contribution in [0.1, 0.15) is 24.2 Å². The zero-order chi connectivity index (χ0) is 18.6. The molecule has 0 fully saturated rings. The highest BCUT2D eigenvalue weighted by molar-refractivity contribution is 7.92. The molecule has 0 saturated carbocycles. The Morgan fingerprint density at radius 2 is 1.64 bits per heavy atom. The lowest BCUT2D eigenvalue weighted by atomic mass is 10.2. The van der Waals surface area contributed by atoms with Crippen molar-refractivity contribution in [1.82, 2.24) is 4.90 Å². The van der Waals surface area contributed by atoms with Crippen LogP contribution in [-0.2, 0) is 10.0 Å². The molecule has 0 aliphatic heterocycles. The molecular formula is C17H18Cl2N2O3S. The van der Waals surface area contributed by atoms with E-state index in [-0.39, 0.29) is 21.4 Å². The summed E-state index contributed by atoms with van der Waals surface area (Å²) in [5, 5.41) is 0.533. The van der Waals surface area contributed by atoms with Crippen LogP contribution in [0.4, 0.5) is 5.69 Å². The summed E-state index contributed by atoms with van der Waals surface area (Å²) in [5.41, 5.74) is 0.616. The van der Waals surface area contributed by atoms with E-state index in [0.717, 1.165) is 0 Å². The Balaban J connectivity index is 2.38. The molecule has 0 bridgehead atoms. The van der Waals surface area contributed by atoms with Gasteiger partial charge in [0, 0.05) is 29.4 Å². The van der Waals surface area contributed by atoms with Crippen molar-refractivity contribution in [3.05, 3.63) is 58.1 Å². The summed E-state index contributed by atoms with van der Waals surface area (Å²) in [7, 11) is -3.95. The van der Waals surface area contributed by atoms with Crippen LogP contribution in [0.2, 0.25) is 10.0 Å². The second-order valence-electron chi connectivity index (χ2n) is 5.24. The molecule has 2 rings (SSSR count). The molecule has 2 aromatic carbocycles. The van der Waals surface area contributed by atoms with Crippen LogP contribution in [0.25, 0.3) is 0 Å². The fourth-order valence-corrected chi connectivity index (χ4v) is 3.98. The Labute approximate surface area is 157 Å². The molecule has 0 radical (unpaired) electrons. The lowest BCUT2D eigenvalue weighted by Gasteiger charge is -2.19. The maximum absolute atomic E-state index is 12.6. The molecule has 0 aliphatic carbocycles. The van der Waals surface area contributed by atoms with E-state index in [0.29, 0.717) is 23.8 Å². The van der Waals surface area contributed by atoms with Crippen LogP contribution in [-0.4, -0.2) is 32.3 Å². The molecule has 0 aromatic heterocycles. The van der Waals surface area contributed by atoms with Crippen LogP contribution >= 0.6 is 23.2 Å². The third kappa shape index (κ3) is 4.66. The fourth-order valence-electron chi connectivity index (χ4n) is 2.26. The van der Waals surface area contributed by atoms with E-state index in [9.17, 15) is 13.2 Å². The normalized spacial score (nSPS) is 11.2. The van der Waals surface area contributed by atoms with Gasteiger partial charge in [0.2, 0.25) is 0 Å². The molecule has 134 valence electrons. The maximum Gasteiger partial charge on any atom is 0.263 e. The average molecular weight is 401 g/mol. The molecule has 25 heavy (non-hydrogen) atoms. The molecule has 5 nitrogen and oxygen atoms in total. The summed E-state index contributed by atoms with van der Waals surface area (Å²) < 4.78 is 27.7. The minimum absolute atomic E-state index is 0.0394. The number of hydrogen-bond donors (Lipinski definition) is 1. The van der Waals surface area contributed by atoms with Gasteiger partial charge in [-0.1, -0.05) is 23.2 Å². The second-order valence-corrected chi connectivity index (χ2v) is 7.73. The SMILES string of the molecule is CCN(CC)C(=O)c1ccc(Cl)c(S(=O)(=O)Nc2ccc(Cl)cc2)c1. The van der Waals surface area contributed by atoms with Gasteiger partial charge in [0.15, 0.2) is 0 Å². The topological polar surface area (TPSA) is 66.5 Å². The quantitative estimate of drug-likeness (QED) is 0.786. The Bertz CT molecular complexity index is 864. The van der Waals surface area contributed by atoms with Gasteiger partial charge in [-0.05, 0) is 56.3 Å². The van der Waals surface area contributed by atoms with Gasteiger partial charge in [-0.3, -0.25) is 9.52 Å². The molecule has 2 aromatic rings. The van der Waals surface area contributed by atoms with Gasteiger partial charge >= 0.3 is 0 Å². The summed E-state index contributed by atoms with van der Waals surface area (Å²) in [6.45, 7) is 4.78. The molecule has 1 amide bonds. The fraction of sp³-hybridized carbons (Fsp3) is 0.235. The summed E-state index contributed by atoms with van der Waals surface area (Å²) in [6, 6.07) is 10.4. The van der Waals surface area contributed by atoms with Crippen molar-refractivity contribution in [3.8, 4) is 0 Å². The van der Waals surface area contributed by atoms with Crippen molar-refractivity contribution in [2.45, 2.75) is 18.7 Å². The lowest BCUT2D eigenvalue weighted by molar-refractivity contribution is 0.0773. The predicted octanol–water partition coefficient (Wildman–Crippen LogP) is 4.28. The smallest absolute Gasteiger partial charge is 0.263 e. The zero-order valence-corrected chi connectivity index (χ0v) is 16.1. The first-order chi connectivity index (χ1) is 11.8. The van der Waals surface area contributed by atoms with Crippen LogP contribution in [0, 0.1) is 0 Å². The van der Waals surface area contributed by atoms with Gasteiger partial charge in [-0.2, -0.15) is 0 Å². The van der Waals surface area contributed by atoms with E-state index in [1.54, 1.807) is 29.2 Å². The number of hydrogen-bond acceptors (Lipinski definition) is 3. The van der Waals surface area contributed by atoms with Crippen molar-refractivity contribution in [3.63, 3.8) is 0 Å². The van der Waals surface area contributed by atoms with E-state index in [2.05, 4.69) is 4.72 Å². The minimum Gasteiger partial charge on any atom is -0.339 e. The van der Waals surface area contributed by atoms with E-state index in [1.165, 1.54) is 18.2 Å². The number of carbonyl (C=O) groups is 1. The van der Waals surface area contributed by atoms with E-state index < -0.39 is 10.0 Å². The molecule has 0 spiro atoms. The number of anilines is 1. The van der Waals surface area contributed by atoms with Crippen molar-refractivity contribution in [2.75, 3.05) is 17.8 Å². The maximum atomic E-state index is 12.6. The van der Waals surface area contributed by atoms with Crippen LogP contribution in [0.15, 0.2) is 47.4 Å². The van der Waals surface area contributed by atoms with Crippen molar-refractivity contribution in [2.24, 2.45) is 0 Å². The van der Waals surface area contributed by atoms with Gasteiger partial charge in [-0.25, -0.2) is 8.42 Å².